The predicted molar refractivity (Wildman–Crippen MR) is 61.1 cm³/mol. The molecule has 0 aromatic rings. The maximum atomic E-state index is 10.5. The van der Waals surface area contributed by atoms with Crippen molar-refractivity contribution in [3.63, 3.8) is 0 Å². The van der Waals surface area contributed by atoms with Gasteiger partial charge in [-0.1, -0.05) is 0 Å². The molecule has 0 bridgehead atoms. The first-order valence-corrected chi connectivity index (χ1v) is 6.63. The van der Waals surface area contributed by atoms with Gasteiger partial charge in [0, 0.05) is 39.3 Å². The van der Waals surface area contributed by atoms with E-state index in [1.807, 2.05) is 4.90 Å². The summed E-state index contributed by atoms with van der Waals surface area (Å²) in [6.45, 7) is 4.46. The second-order valence-electron chi connectivity index (χ2n) is 3.69. The molecule has 1 aliphatic rings. The number of hydrogen-bond acceptors (Lipinski definition) is 5. The van der Waals surface area contributed by atoms with Crippen LogP contribution in [-0.2, 0) is 10.1 Å². The molecule has 0 unspecified atom stereocenters. The maximum absolute atomic E-state index is 10.5. The molecule has 1 fully saturated rings. The van der Waals surface area contributed by atoms with Crippen LogP contribution >= 0.6 is 0 Å². The summed E-state index contributed by atoms with van der Waals surface area (Å²) in [6, 6.07) is 0. The molecule has 1 heterocycles. The Kier molecular flexibility index (Phi) is 11.4. The van der Waals surface area contributed by atoms with E-state index >= 15 is 0 Å². The van der Waals surface area contributed by atoms with Gasteiger partial charge in [0.05, 0.1) is 12.4 Å². The standard InChI is InChI=1S/C8H18N2O4S.Na.H2O.H/c11-7-5-9-1-3-10(4-2-9)6-8-15(12,13)14;;;/h11H,1-8H2,(H,12,13,14);;1H2;/q;+1;;-1. The molecule has 17 heavy (non-hydrogen) atoms. The zero-order valence-electron chi connectivity index (χ0n) is 11.2. The minimum Gasteiger partial charge on any atom is -1.00 e. The van der Waals surface area contributed by atoms with E-state index in [1.54, 1.807) is 0 Å². The summed E-state index contributed by atoms with van der Waals surface area (Å²) < 4.78 is 29.6. The minimum atomic E-state index is -3.84. The second-order valence-corrected chi connectivity index (χ2v) is 5.27. The SMILES string of the molecule is O.O=S(=O)(O)CCN1CCN(CCO)CC1.[H-].[Na+]. The van der Waals surface area contributed by atoms with Gasteiger partial charge in [0.2, 0.25) is 0 Å². The molecule has 0 aromatic heterocycles. The molecule has 0 spiro atoms. The Morgan fingerprint density at radius 3 is 1.82 bits per heavy atom. The van der Waals surface area contributed by atoms with Crippen LogP contribution < -0.4 is 29.6 Å². The van der Waals surface area contributed by atoms with Crippen molar-refractivity contribution in [2.24, 2.45) is 0 Å². The van der Waals surface area contributed by atoms with E-state index in [2.05, 4.69) is 4.90 Å². The van der Waals surface area contributed by atoms with E-state index in [4.69, 9.17) is 9.66 Å². The molecule has 0 atom stereocenters. The molecule has 1 aliphatic heterocycles. The van der Waals surface area contributed by atoms with Crippen LogP contribution in [0.2, 0.25) is 0 Å². The number of β-amino-alcohol motifs (C(OH)–C–C–N with tert-alkyl or cyclic N) is 1. The second kappa shape index (κ2) is 9.65. The van der Waals surface area contributed by atoms with E-state index in [9.17, 15) is 8.42 Å². The van der Waals surface area contributed by atoms with Gasteiger partial charge < -0.3 is 12.0 Å². The molecular formula is C8H21N2NaO5S. The van der Waals surface area contributed by atoms with Crippen LogP contribution in [0, 0.1) is 0 Å². The summed E-state index contributed by atoms with van der Waals surface area (Å²) in [6.07, 6.45) is 0. The molecule has 100 valence electrons. The van der Waals surface area contributed by atoms with Crippen LogP contribution in [0.25, 0.3) is 0 Å². The van der Waals surface area contributed by atoms with Crippen molar-refractivity contribution in [3.05, 3.63) is 0 Å². The zero-order chi connectivity index (χ0) is 11.3. The smallest absolute Gasteiger partial charge is 1.00 e. The van der Waals surface area contributed by atoms with Gasteiger partial charge in [0.25, 0.3) is 10.1 Å². The number of nitrogens with zero attached hydrogens (tertiary/aromatic N) is 2. The molecule has 0 aromatic carbocycles. The molecule has 4 N–H and O–H groups in total. The van der Waals surface area contributed by atoms with Gasteiger partial charge in [-0.25, -0.2) is 0 Å². The zero-order valence-corrected chi connectivity index (χ0v) is 13.0. The van der Waals surface area contributed by atoms with Gasteiger partial charge in [0.15, 0.2) is 0 Å². The van der Waals surface area contributed by atoms with Crippen molar-refractivity contribution in [2.75, 3.05) is 51.6 Å². The fourth-order valence-electron chi connectivity index (χ4n) is 1.62. The predicted octanol–water partition coefficient (Wildman–Crippen LogP) is -5.22. The Labute approximate surface area is 126 Å². The van der Waals surface area contributed by atoms with Gasteiger partial charge in [-0.05, 0) is 0 Å². The Bertz CT molecular complexity index is 285. The molecule has 0 saturated carbocycles. The maximum Gasteiger partial charge on any atom is 1.00 e. The Hall–Kier alpha value is 0.750. The summed E-state index contributed by atoms with van der Waals surface area (Å²) in [4.78, 5) is 4.13. The Balaban J connectivity index is -0.000000750. The third-order valence-electron chi connectivity index (χ3n) is 2.55. The molecule has 0 amide bonds. The fourth-order valence-corrected chi connectivity index (χ4v) is 2.11. The normalized spacial score (nSPS) is 18.2. The monoisotopic (exact) mass is 280 g/mol. The topological polar surface area (TPSA) is 113 Å². The summed E-state index contributed by atoms with van der Waals surface area (Å²) in [5.41, 5.74) is 0. The fraction of sp³-hybridized carbons (Fsp3) is 1.00. The van der Waals surface area contributed by atoms with Crippen molar-refractivity contribution < 1.29 is 54.5 Å². The van der Waals surface area contributed by atoms with Gasteiger partial charge in [-0.3, -0.25) is 14.4 Å². The number of aliphatic hydroxyl groups excluding tert-OH is 1. The molecule has 0 radical (unpaired) electrons. The van der Waals surface area contributed by atoms with E-state index in [0.717, 1.165) is 26.2 Å². The average molecular weight is 280 g/mol. The number of hydrogen-bond donors (Lipinski definition) is 2. The van der Waals surface area contributed by atoms with Gasteiger partial charge in [-0.15, -0.1) is 0 Å². The van der Waals surface area contributed by atoms with Gasteiger partial charge in [0.1, 0.15) is 0 Å². The average Bonchev–Trinajstić information content (AvgIpc) is 2.16. The summed E-state index contributed by atoms with van der Waals surface area (Å²) in [5, 5.41) is 8.73. The molecule has 9 heteroatoms. The molecule has 0 aliphatic carbocycles. The summed E-state index contributed by atoms with van der Waals surface area (Å²) >= 11 is 0. The number of aliphatic hydroxyl groups is 1. The van der Waals surface area contributed by atoms with Gasteiger partial charge in [-0.2, -0.15) is 8.42 Å². The van der Waals surface area contributed by atoms with Crippen molar-refractivity contribution in [2.45, 2.75) is 0 Å². The van der Waals surface area contributed by atoms with E-state index in [0.29, 0.717) is 13.1 Å². The van der Waals surface area contributed by atoms with Crippen molar-refractivity contribution in [1.29, 1.82) is 0 Å². The van der Waals surface area contributed by atoms with E-state index in [-0.39, 0.29) is 48.8 Å². The van der Waals surface area contributed by atoms with Crippen molar-refractivity contribution in [1.82, 2.24) is 9.80 Å². The van der Waals surface area contributed by atoms with Crippen molar-refractivity contribution in [3.8, 4) is 0 Å². The molecule has 7 nitrogen and oxygen atoms in total. The van der Waals surface area contributed by atoms with E-state index in [1.165, 1.54) is 0 Å². The third-order valence-corrected chi connectivity index (χ3v) is 3.25. The van der Waals surface area contributed by atoms with Crippen LogP contribution in [0.5, 0.6) is 0 Å². The first-order valence-electron chi connectivity index (χ1n) is 5.02. The number of rotatable bonds is 5. The quantitative estimate of drug-likeness (QED) is 0.384. The summed E-state index contributed by atoms with van der Waals surface area (Å²) in [5.74, 6) is -0.201. The number of piperazine rings is 1. The Morgan fingerprint density at radius 2 is 1.47 bits per heavy atom. The summed E-state index contributed by atoms with van der Waals surface area (Å²) in [7, 11) is -3.84. The molecule has 1 saturated heterocycles. The van der Waals surface area contributed by atoms with Crippen LogP contribution in [0.15, 0.2) is 0 Å². The molecule has 1 rings (SSSR count). The van der Waals surface area contributed by atoms with Crippen molar-refractivity contribution >= 4 is 10.1 Å². The van der Waals surface area contributed by atoms with Crippen LogP contribution in [0.1, 0.15) is 1.43 Å². The first kappa shape index (κ1) is 20.1. The van der Waals surface area contributed by atoms with Crippen LogP contribution in [-0.4, -0.2) is 85.0 Å². The van der Waals surface area contributed by atoms with E-state index < -0.39 is 10.1 Å². The Morgan fingerprint density at radius 1 is 1.06 bits per heavy atom. The first-order chi connectivity index (χ1) is 7.01. The van der Waals surface area contributed by atoms with Gasteiger partial charge >= 0.3 is 29.6 Å². The minimum absolute atomic E-state index is 0. The van der Waals surface area contributed by atoms with Crippen LogP contribution in [0.4, 0.5) is 0 Å². The third kappa shape index (κ3) is 9.34. The molecular weight excluding hydrogens is 259 g/mol. The largest absolute Gasteiger partial charge is 1.00 e. The van der Waals surface area contributed by atoms with Crippen LogP contribution in [0.3, 0.4) is 0 Å².